The van der Waals surface area contributed by atoms with Gasteiger partial charge in [-0.2, -0.15) is 0 Å². The predicted octanol–water partition coefficient (Wildman–Crippen LogP) is 2.65. The highest BCUT2D eigenvalue weighted by atomic mass is 32.2. The van der Waals surface area contributed by atoms with Crippen LogP contribution in [0.25, 0.3) is 0 Å². The molecule has 6 nitrogen and oxygen atoms in total. The van der Waals surface area contributed by atoms with Gasteiger partial charge in [0.25, 0.3) is 0 Å². The first kappa shape index (κ1) is 16.1. The molecule has 0 bridgehead atoms. The van der Waals surface area contributed by atoms with Crippen LogP contribution >= 0.6 is 0 Å². The molecule has 1 aromatic carbocycles. The number of anilines is 3. The Bertz CT molecular complexity index is 751. The molecule has 0 aliphatic heterocycles. The summed E-state index contributed by atoms with van der Waals surface area (Å²) >= 11 is 0. The van der Waals surface area contributed by atoms with Gasteiger partial charge < -0.3 is 5.32 Å². The standard InChI is InChI=1S/C13H14F2N4O2S/c1-2-7-22(20,21)19-13-6-5-12(17-18-13)16-9-3-4-10(14)11(15)8-9/h3-6,8H,2,7H2,1H3,(H,16,17)(H,18,19). The van der Waals surface area contributed by atoms with Crippen molar-refractivity contribution < 1.29 is 17.2 Å². The Kier molecular flexibility index (Phi) is 4.86. The van der Waals surface area contributed by atoms with Gasteiger partial charge in [-0.3, -0.25) is 4.72 Å². The van der Waals surface area contributed by atoms with Crippen LogP contribution in [0.15, 0.2) is 30.3 Å². The van der Waals surface area contributed by atoms with Crippen LogP contribution in [-0.4, -0.2) is 24.4 Å². The highest BCUT2D eigenvalue weighted by Crippen LogP contribution is 2.18. The van der Waals surface area contributed by atoms with E-state index in [0.29, 0.717) is 12.1 Å². The van der Waals surface area contributed by atoms with Crippen LogP contribution in [0, 0.1) is 11.6 Å². The number of sulfonamides is 1. The number of hydrogen-bond acceptors (Lipinski definition) is 5. The minimum Gasteiger partial charge on any atom is -0.339 e. The number of nitrogens with zero attached hydrogens (tertiary/aromatic N) is 2. The van der Waals surface area contributed by atoms with Crippen molar-refractivity contribution in [2.45, 2.75) is 13.3 Å². The number of hydrogen-bond donors (Lipinski definition) is 2. The van der Waals surface area contributed by atoms with Gasteiger partial charge in [0.05, 0.1) is 5.75 Å². The number of benzene rings is 1. The molecule has 118 valence electrons. The predicted molar refractivity (Wildman–Crippen MR) is 79.4 cm³/mol. The molecule has 0 amide bonds. The lowest BCUT2D eigenvalue weighted by atomic mass is 10.3. The second-order valence-electron chi connectivity index (χ2n) is 4.48. The molecule has 0 saturated carbocycles. The van der Waals surface area contributed by atoms with Crippen molar-refractivity contribution in [2.75, 3.05) is 15.8 Å². The summed E-state index contributed by atoms with van der Waals surface area (Å²) in [6.07, 6.45) is 0.485. The van der Waals surface area contributed by atoms with Crippen molar-refractivity contribution in [3.63, 3.8) is 0 Å². The number of nitrogens with one attached hydrogen (secondary N) is 2. The third-order valence-electron chi connectivity index (χ3n) is 2.59. The minimum absolute atomic E-state index is 0.0104. The average molecular weight is 328 g/mol. The van der Waals surface area contributed by atoms with Gasteiger partial charge in [-0.1, -0.05) is 6.92 Å². The van der Waals surface area contributed by atoms with E-state index in [1.165, 1.54) is 18.2 Å². The lowest BCUT2D eigenvalue weighted by molar-refractivity contribution is 0.509. The lowest BCUT2D eigenvalue weighted by Gasteiger charge is -2.07. The number of aromatic nitrogens is 2. The van der Waals surface area contributed by atoms with E-state index in [-0.39, 0.29) is 17.4 Å². The molecule has 0 unspecified atom stereocenters. The molecule has 2 aromatic rings. The monoisotopic (exact) mass is 328 g/mol. The Morgan fingerprint density at radius 2 is 1.73 bits per heavy atom. The number of rotatable bonds is 6. The normalized spacial score (nSPS) is 11.2. The van der Waals surface area contributed by atoms with E-state index in [4.69, 9.17) is 0 Å². The first-order valence-electron chi connectivity index (χ1n) is 6.46. The molecule has 0 spiro atoms. The molecule has 9 heteroatoms. The maximum atomic E-state index is 13.1. The van der Waals surface area contributed by atoms with Gasteiger partial charge in [-0.15, -0.1) is 10.2 Å². The van der Waals surface area contributed by atoms with Gasteiger partial charge in [-0.05, 0) is 30.7 Å². The SMILES string of the molecule is CCCS(=O)(=O)Nc1ccc(Nc2ccc(F)c(F)c2)nn1. The smallest absolute Gasteiger partial charge is 0.233 e. The molecule has 0 aliphatic carbocycles. The van der Waals surface area contributed by atoms with Crippen molar-refractivity contribution in [1.29, 1.82) is 0 Å². The van der Waals surface area contributed by atoms with Gasteiger partial charge in [0.15, 0.2) is 23.3 Å². The van der Waals surface area contributed by atoms with E-state index in [2.05, 4.69) is 20.2 Å². The van der Waals surface area contributed by atoms with Crippen LogP contribution in [0.1, 0.15) is 13.3 Å². The van der Waals surface area contributed by atoms with Crippen molar-refractivity contribution in [3.8, 4) is 0 Å². The third-order valence-corrected chi connectivity index (χ3v) is 4.06. The van der Waals surface area contributed by atoms with Crippen LogP contribution in [0.4, 0.5) is 26.1 Å². The largest absolute Gasteiger partial charge is 0.339 e. The molecule has 1 aromatic heterocycles. The van der Waals surface area contributed by atoms with Gasteiger partial charge in [0.1, 0.15) is 0 Å². The molecule has 2 rings (SSSR count). The molecule has 22 heavy (non-hydrogen) atoms. The molecule has 0 radical (unpaired) electrons. The maximum Gasteiger partial charge on any atom is 0.233 e. The van der Waals surface area contributed by atoms with Gasteiger partial charge in [0.2, 0.25) is 10.0 Å². The Balaban J connectivity index is 2.07. The zero-order valence-corrected chi connectivity index (χ0v) is 12.5. The zero-order chi connectivity index (χ0) is 16.2. The minimum atomic E-state index is -3.43. The lowest BCUT2D eigenvalue weighted by Crippen LogP contribution is -2.17. The second-order valence-corrected chi connectivity index (χ2v) is 6.32. The van der Waals surface area contributed by atoms with E-state index in [9.17, 15) is 17.2 Å². The Hall–Kier alpha value is -2.29. The molecule has 1 heterocycles. The average Bonchev–Trinajstić information content (AvgIpc) is 2.44. The summed E-state index contributed by atoms with van der Waals surface area (Å²) in [5, 5.41) is 10.2. The van der Waals surface area contributed by atoms with Crippen LogP contribution in [0.5, 0.6) is 0 Å². The first-order valence-corrected chi connectivity index (χ1v) is 8.11. The van der Waals surface area contributed by atoms with Crippen molar-refractivity contribution in [2.24, 2.45) is 0 Å². The fraction of sp³-hybridized carbons (Fsp3) is 0.231. The van der Waals surface area contributed by atoms with Crippen molar-refractivity contribution >= 4 is 27.3 Å². The Morgan fingerprint density at radius 3 is 2.32 bits per heavy atom. The van der Waals surface area contributed by atoms with Crippen LogP contribution in [0.3, 0.4) is 0 Å². The summed E-state index contributed by atoms with van der Waals surface area (Å²) in [5.74, 6) is -1.59. The molecular formula is C13H14F2N4O2S. The summed E-state index contributed by atoms with van der Waals surface area (Å²) in [6, 6.07) is 6.20. The molecule has 0 saturated heterocycles. The Morgan fingerprint density at radius 1 is 1.05 bits per heavy atom. The highest BCUT2D eigenvalue weighted by Gasteiger charge is 2.10. The van der Waals surface area contributed by atoms with Gasteiger partial charge in [-0.25, -0.2) is 17.2 Å². The molecule has 0 fully saturated rings. The van der Waals surface area contributed by atoms with Crippen LogP contribution < -0.4 is 10.0 Å². The van der Waals surface area contributed by atoms with Crippen LogP contribution in [0.2, 0.25) is 0 Å². The van der Waals surface area contributed by atoms with Crippen LogP contribution in [-0.2, 0) is 10.0 Å². The molecule has 0 atom stereocenters. The van der Waals surface area contributed by atoms with E-state index >= 15 is 0 Å². The van der Waals surface area contributed by atoms with E-state index in [0.717, 1.165) is 12.1 Å². The Labute approximate surface area is 126 Å². The zero-order valence-electron chi connectivity index (χ0n) is 11.7. The van der Waals surface area contributed by atoms with Gasteiger partial charge >= 0.3 is 0 Å². The van der Waals surface area contributed by atoms with Crippen molar-refractivity contribution in [1.82, 2.24) is 10.2 Å². The summed E-state index contributed by atoms with van der Waals surface area (Å²) < 4.78 is 51.3. The quantitative estimate of drug-likeness (QED) is 0.851. The summed E-state index contributed by atoms with van der Waals surface area (Å²) in [5.41, 5.74) is 0.299. The highest BCUT2D eigenvalue weighted by molar-refractivity contribution is 7.92. The van der Waals surface area contributed by atoms with Gasteiger partial charge in [0, 0.05) is 11.8 Å². The fourth-order valence-corrected chi connectivity index (χ4v) is 2.72. The van der Waals surface area contributed by atoms with E-state index < -0.39 is 21.7 Å². The molecule has 0 aliphatic rings. The summed E-state index contributed by atoms with van der Waals surface area (Å²) in [4.78, 5) is 0. The third kappa shape index (κ3) is 4.35. The topological polar surface area (TPSA) is 84.0 Å². The number of halogens is 2. The van der Waals surface area contributed by atoms with E-state index in [1.54, 1.807) is 6.92 Å². The second kappa shape index (κ2) is 6.65. The van der Waals surface area contributed by atoms with Crippen molar-refractivity contribution in [3.05, 3.63) is 42.0 Å². The molecule has 2 N–H and O–H groups in total. The first-order chi connectivity index (χ1) is 10.4. The maximum absolute atomic E-state index is 13.1. The summed E-state index contributed by atoms with van der Waals surface area (Å²) in [6.45, 7) is 1.75. The fourth-order valence-electron chi connectivity index (χ4n) is 1.65. The molecular weight excluding hydrogens is 314 g/mol. The van der Waals surface area contributed by atoms with E-state index in [1.807, 2.05) is 0 Å². The summed E-state index contributed by atoms with van der Waals surface area (Å²) in [7, 11) is -3.43.